The molecule has 2 unspecified atom stereocenters. The number of phenolic OH excluding ortho intramolecular Hbond substituents is 1. The second-order valence-electron chi connectivity index (χ2n) is 9.75. The van der Waals surface area contributed by atoms with Crippen molar-refractivity contribution in [1.82, 2.24) is 4.98 Å². The second kappa shape index (κ2) is 9.43. The predicted octanol–water partition coefficient (Wildman–Crippen LogP) is 5.66. The number of aromatic nitrogens is 1. The fourth-order valence-electron chi connectivity index (χ4n) is 5.16. The molecule has 0 saturated carbocycles. The minimum Gasteiger partial charge on any atom is -0.507 e. The van der Waals surface area contributed by atoms with Gasteiger partial charge in [-0.25, -0.2) is 4.98 Å². The van der Waals surface area contributed by atoms with Gasteiger partial charge in [0.1, 0.15) is 17.6 Å². The van der Waals surface area contributed by atoms with Crippen LogP contribution in [0.15, 0.2) is 60.2 Å². The van der Waals surface area contributed by atoms with E-state index in [1.54, 1.807) is 37.3 Å². The molecule has 1 aromatic heterocycles. The van der Waals surface area contributed by atoms with Crippen LogP contribution in [0.3, 0.4) is 0 Å². The highest BCUT2D eigenvalue weighted by Gasteiger charge is 2.48. The molecule has 4 aromatic rings. The molecule has 0 radical (unpaired) electrons. The maximum atomic E-state index is 13.6. The van der Waals surface area contributed by atoms with Crippen LogP contribution < -0.4 is 14.4 Å². The first-order chi connectivity index (χ1) is 18.7. The molecule has 8 nitrogen and oxygen atoms in total. The number of aliphatic hydroxyl groups is 1. The number of carbonyl (C=O) groups excluding carboxylic acids is 2. The number of aromatic hydroxyl groups is 1. The number of anilines is 1. The summed E-state index contributed by atoms with van der Waals surface area (Å²) in [5, 5.41) is 22.2. The van der Waals surface area contributed by atoms with E-state index >= 15 is 0 Å². The number of phenols is 1. The highest BCUT2D eigenvalue weighted by atomic mass is 32.1. The molecule has 1 saturated heterocycles. The molecule has 2 aliphatic heterocycles. The minimum absolute atomic E-state index is 0.0135. The first kappa shape index (κ1) is 24.9. The molecule has 1 amide bonds. The van der Waals surface area contributed by atoms with E-state index in [9.17, 15) is 19.8 Å². The largest absolute Gasteiger partial charge is 0.507 e. The van der Waals surface area contributed by atoms with E-state index in [-0.39, 0.29) is 28.9 Å². The van der Waals surface area contributed by atoms with Crippen LogP contribution in [0.25, 0.3) is 16.0 Å². The van der Waals surface area contributed by atoms with E-state index in [1.807, 2.05) is 32.0 Å². The van der Waals surface area contributed by atoms with Gasteiger partial charge in [0, 0.05) is 12.0 Å². The van der Waals surface area contributed by atoms with Crippen molar-refractivity contribution in [2.75, 3.05) is 11.5 Å². The average molecular weight is 543 g/mol. The number of hydrogen-bond acceptors (Lipinski definition) is 8. The number of fused-ring (bicyclic) bond motifs is 2. The van der Waals surface area contributed by atoms with Gasteiger partial charge >= 0.3 is 5.91 Å². The summed E-state index contributed by atoms with van der Waals surface area (Å²) in [4.78, 5) is 33.2. The van der Waals surface area contributed by atoms with Gasteiger partial charge in [0.05, 0.1) is 28.4 Å². The summed E-state index contributed by atoms with van der Waals surface area (Å²) in [5.41, 5.74) is 3.52. The molecular formula is C30H26N2O6S. The van der Waals surface area contributed by atoms with Gasteiger partial charge in [-0.1, -0.05) is 23.5 Å². The molecular weight excluding hydrogens is 516 g/mol. The van der Waals surface area contributed by atoms with Crippen molar-refractivity contribution in [2.45, 2.75) is 39.3 Å². The molecule has 0 aliphatic carbocycles. The Morgan fingerprint density at radius 2 is 1.97 bits per heavy atom. The standard InChI is InChI=1S/C30H26N2O6S/c1-4-37-23-14-17(6-9-21(23)33)26-25(27(34)18-7-10-22-19(13-18)12-16(3)38-22)28(35)29(36)32(26)30-31-20-8-5-15(2)11-24(20)39-30/h5-11,13-14,16,26,33-34H,4,12H2,1-3H3/b27-25-. The van der Waals surface area contributed by atoms with Crippen LogP contribution in [0, 0.1) is 6.92 Å². The van der Waals surface area contributed by atoms with Gasteiger partial charge < -0.3 is 19.7 Å². The Bertz CT molecular complexity index is 1690. The van der Waals surface area contributed by atoms with Crippen LogP contribution in [-0.4, -0.2) is 39.6 Å². The van der Waals surface area contributed by atoms with E-state index in [0.29, 0.717) is 34.8 Å². The molecule has 2 N–H and O–H groups in total. The SMILES string of the molecule is CCOc1cc(C2/C(=C(/O)c3ccc4c(c3)CC(C)O4)C(=O)C(=O)N2c2nc3ccc(C)cc3s2)ccc1O. The number of hydrogen-bond donors (Lipinski definition) is 2. The number of Topliss-reactive ketones (excluding diaryl/α,β-unsaturated/α-hetero) is 1. The number of benzene rings is 3. The van der Waals surface area contributed by atoms with Gasteiger partial charge in [-0.05, 0) is 79.9 Å². The van der Waals surface area contributed by atoms with E-state index in [1.165, 1.54) is 22.3 Å². The number of nitrogens with zero attached hydrogens (tertiary/aromatic N) is 2. The van der Waals surface area contributed by atoms with Crippen molar-refractivity contribution in [3.05, 3.63) is 82.4 Å². The maximum absolute atomic E-state index is 13.6. The summed E-state index contributed by atoms with van der Waals surface area (Å²) in [5.74, 6) is -1.01. The molecule has 198 valence electrons. The van der Waals surface area contributed by atoms with Gasteiger partial charge in [0.2, 0.25) is 0 Å². The number of rotatable bonds is 5. The smallest absolute Gasteiger partial charge is 0.301 e. The highest BCUT2D eigenvalue weighted by Crippen LogP contribution is 2.46. The van der Waals surface area contributed by atoms with Crippen molar-refractivity contribution in [1.29, 1.82) is 0 Å². The average Bonchev–Trinajstić information content (AvgIpc) is 3.57. The normalized spacial score (nSPS) is 19.9. The van der Waals surface area contributed by atoms with Gasteiger partial charge in [-0.3, -0.25) is 14.5 Å². The van der Waals surface area contributed by atoms with Crippen molar-refractivity contribution in [2.24, 2.45) is 0 Å². The zero-order valence-corrected chi connectivity index (χ0v) is 22.4. The fourth-order valence-corrected chi connectivity index (χ4v) is 6.26. The molecule has 2 aliphatic rings. The number of ketones is 1. The lowest BCUT2D eigenvalue weighted by Crippen LogP contribution is -2.29. The highest BCUT2D eigenvalue weighted by molar-refractivity contribution is 7.22. The Kier molecular flexibility index (Phi) is 6.03. The molecule has 0 spiro atoms. The van der Waals surface area contributed by atoms with Crippen LogP contribution in [0.2, 0.25) is 0 Å². The summed E-state index contributed by atoms with van der Waals surface area (Å²) < 4.78 is 12.2. The van der Waals surface area contributed by atoms with Crippen LogP contribution >= 0.6 is 11.3 Å². The van der Waals surface area contributed by atoms with Crippen molar-refractivity contribution in [3.63, 3.8) is 0 Å². The first-order valence-electron chi connectivity index (χ1n) is 12.7. The van der Waals surface area contributed by atoms with Crippen LogP contribution in [0.1, 0.15) is 42.1 Å². The summed E-state index contributed by atoms with van der Waals surface area (Å²) in [7, 11) is 0. The van der Waals surface area contributed by atoms with E-state index in [0.717, 1.165) is 21.6 Å². The predicted molar refractivity (Wildman–Crippen MR) is 149 cm³/mol. The molecule has 3 heterocycles. The van der Waals surface area contributed by atoms with Crippen LogP contribution in [-0.2, 0) is 16.0 Å². The van der Waals surface area contributed by atoms with Crippen LogP contribution in [0.5, 0.6) is 17.2 Å². The molecule has 0 bridgehead atoms. The maximum Gasteiger partial charge on any atom is 0.301 e. The summed E-state index contributed by atoms with van der Waals surface area (Å²) in [6.07, 6.45) is 0.689. The molecule has 1 fully saturated rings. The third-order valence-electron chi connectivity index (χ3n) is 6.95. The van der Waals surface area contributed by atoms with Crippen molar-refractivity contribution < 1.29 is 29.3 Å². The molecule has 39 heavy (non-hydrogen) atoms. The molecule has 2 atom stereocenters. The van der Waals surface area contributed by atoms with Crippen molar-refractivity contribution >= 4 is 44.1 Å². The number of aliphatic hydroxyl groups excluding tert-OH is 1. The zero-order valence-electron chi connectivity index (χ0n) is 21.6. The van der Waals surface area contributed by atoms with Crippen LogP contribution in [0.4, 0.5) is 5.13 Å². The summed E-state index contributed by atoms with van der Waals surface area (Å²) in [6.45, 7) is 6.04. The quantitative estimate of drug-likeness (QED) is 0.190. The Hall–Kier alpha value is -4.37. The van der Waals surface area contributed by atoms with E-state index in [2.05, 4.69) is 4.98 Å². The Morgan fingerprint density at radius 1 is 1.15 bits per heavy atom. The van der Waals surface area contributed by atoms with Gasteiger partial charge in [-0.15, -0.1) is 0 Å². The molecule has 6 rings (SSSR count). The monoisotopic (exact) mass is 542 g/mol. The third-order valence-corrected chi connectivity index (χ3v) is 7.97. The van der Waals surface area contributed by atoms with E-state index < -0.39 is 17.7 Å². The number of ether oxygens (including phenoxy) is 2. The number of aryl methyl sites for hydroxylation is 1. The van der Waals surface area contributed by atoms with E-state index in [4.69, 9.17) is 9.47 Å². The summed E-state index contributed by atoms with van der Waals surface area (Å²) >= 11 is 1.30. The van der Waals surface area contributed by atoms with Gasteiger partial charge in [0.25, 0.3) is 5.78 Å². The first-order valence-corrected chi connectivity index (χ1v) is 13.5. The number of amides is 1. The number of thiazole rings is 1. The minimum atomic E-state index is -0.991. The van der Waals surface area contributed by atoms with Crippen molar-refractivity contribution in [3.8, 4) is 17.2 Å². The topological polar surface area (TPSA) is 109 Å². The zero-order chi connectivity index (χ0) is 27.4. The lowest BCUT2D eigenvalue weighted by atomic mass is 9.94. The Balaban J connectivity index is 1.55. The Labute approximate surface area is 228 Å². The van der Waals surface area contributed by atoms with Gasteiger partial charge in [-0.2, -0.15) is 0 Å². The third kappa shape index (κ3) is 4.19. The number of carbonyl (C=O) groups is 2. The second-order valence-corrected chi connectivity index (χ2v) is 10.8. The summed E-state index contributed by atoms with van der Waals surface area (Å²) in [6, 6.07) is 14.7. The fraction of sp³-hybridized carbons (Fsp3) is 0.233. The molecule has 3 aromatic carbocycles. The Morgan fingerprint density at radius 3 is 2.77 bits per heavy atom. The molecule has 9 heteroatoms. The van der Waals surface area contributed by atoms with Gasteiger partial charge in [0.15, 0.2) is 16.6 Å². The lowest BCUT2D eigenvalue weighted by molar-refractivity contribution is -0.132. The lowest BCUT2D eigenvalue weighted by Gasteiger charge is -2.23.